The molecule has 0 spiro atoms. The average Bonchev–Trinajstić information content (AvgIpc) is 2.76. The summed E-state index contributed by atoms with van der Waals surface area (Å²) in [4.78, 5) is 0. The molecule has 0 aromatic heterocycles. The van der Waals surface area contributed by atoms with Crippen molar-refractivity contribution in [3.05, 3.63) is 109 Å². The van der Waals surface area contributed by atoms with Gasteiger partial charge in [-0.25, -0.2) is 0 Å². The van der Waals surface area contributed by atoms with Crippen molar-refractivity contribution in [3.63, 3.8) is 0 Å². The van der Waals surface area contributed by atoms with Gasteiger partial charge in [0, 0.05) is 0 Å². The van der Waals surface area contributed by atoms with Gasteiger partial charge in [0.15, 0.2) is 0 Å². The van der Waals surface area contributed by atoms with Crippen molar-refractivity contribution in [1.29, 1.82) is 0 Å². The molecule has 2 nitrogen and oxygen atoms in total. The third-order valence-corrected chi connectivity index (χ3v) is 8.44. The van der Waals surface area contributed by atoms with Gasteiger partial charge in [0.1, 0.15) is 0 Å². The zero-order chi connectivity index (χ0) is 19.0. The van der Waals surface area contributed by atoms with E-state index in [9.17, 15) is 0 Å². The summed E-state index contributed by atoms with van der Waals surface area (Å²) in [5, 5.41) is 9.25. The summed E-state index contributed by atoms with van der Waals surface area (Å²) in [5.74, 6) is 0. The van der Waals surface area contributed by atoms with Crippen LogP contribution in [0.2, 0.25) is 0 Å². The normalized spacial score (nSPS) is 11.0. The van der Waals surface area contributed by atoms with Crippen LogP contribution in [0.5, 0.6) is 0 Å². The second-order valence-corrected chi connectivity index (χ2v) is 10.6. The van der Waals surface area contributed by atoms with Gasteiger partial charge >= 0.3 is 179 Å². The topological polar surface area (TPSA) is 24.7 Å². The number of hydrogen-bond acceptors (Lipinski definition) is 2. The number of rotatable bonds is 6. The molecule has 0 amide bonds. The summed E-state index contributed by atoms with van der Waals surface area (Å²) >= 11 is 0.425. The first kappa shape index (κ1) is 18.9. The van der Waals surface area contributed by atoms with Crippen LogP contribution >= 0.6 is 0 Å². The molecule has 0 saturated carbocycles. The van der Waals surface area contributed by atoms with Crippen LogP contribution in [0.15, 0.2) is 119 Å². The van der Waals surface area contributed by atoms with Gasteiger partial charge in [0.05, 0.1) is 0 Å². The Kier molecular flexibility index (Phi) is 6.49. The second kappa shape index (κ2) is 9.63. The Morgan fingerprint density at radius 3 is 1.18 bits per heavy atom. The van der Waals surface area contributed by atoms with Gasteiger partial charge < -0.3 is 0 Å². The standard InChI is InChI=1S/C24H18N2Se2/c1-3-11-19(12-4-1)27-23-17-9-7-15-21(23)25-26-22-16-8-10-18-24(22)28-20-13-5-2-6-14-20/h1-18H. The molecule has 0 aliphatic rings. The molecule has 4 aromatic carbocycles. The fourth-order valence-corrected chi connectivity index (χ4v) is 6.40. The van der Waals surface area contributed by atoms with Crippen LogP contribution in [0.1, 0.15) is 0 Å². The quantitative estimate of drug-likeness (QED) is 0.291. The van der Waals surface area contributed by atoms with Crippen LogP contribution in [-0.2, 0) is 0 Å². The van der Waals surface area contributed by atoms with Crippen LogP contribution in [-0.4, -0.2) is 29.9 Å². The molecule has 4 rings (SSSR count). The molecule has 0 unspecified atom stereocenters. The summed E-state index contributed by atoms with van der Waals surface area (Å²) in [7, 11) is 0. The van der Waals surface area contributed by atoms with Crippen molar-refractivity contribution >= 4 is 59.1 Å². The van der Waals surface area contributed by atoms with E-state index in [0.29, 0.717) is 0 Å². The summed E-state index contributed by atoms with van der Waals surface area (Å²) in [6.07, 6.45) is 0. The van der Waals surface area contributed by atoms with Crippen molar-refractivity contribution in [2.45, 2.75) is 0 Å². The predicted molar refractivity (Wildman–Crippen MR) is 120 cm³/mol. The minimum atomic E-state index is 0.213. The van der Waals surface area contributed by atoms with Crippen molar-refractivity contribution in [3.8, 4) is 0 Å². The van der Waals surface area contributed by atoms with Crippen molar-refractivity contribution in [1.82, 2.24) is 0 Å². The zero-order valence-electron chi connectivity index (χ0n) is 15.1. The molecule has 4 aromatic rings. The molecule has 0 aliphatic carbocycles. The third-order valence-electron chi connectivity index (χ3n) is 3.94. The van der Waals surface area contributed by atoms with Gasteiger partial charge in [-0.3, -0.25) is 0 Å². The van der Waals surface area contributed by atoms with Gasteiger partial charge in [-0.15, -0.1) is 0 Å². The Balaban J connectivity index is 1.59. The molecule has 0 atom stereocenters. The van der Waals surface area contributed by atoms with Gasteiger partial charge in [-0.2, -0.15) is 0 Å². The van der Waals surface area contributed by atoms with Crippen LogP contribution in [0.3, 0.4) is 0 Å². The van der Waals surface area contributed by atoms with Gasteiger partial charge in [-0.1, -0.05) is 0 Å². The van der Waals surface area contributed by atoms with Crippen LogP contribution in [0.25, 0.3) is 0 Å². The van der Waals surface area contributed by atoms with Crippen molar-refractivity contribution in [2.75, 3.05) is 0 Å². The van der Waals surface area contributed by atoms with E-state index in [1.54, 1.807) is 0 Å². The summed E-state index contributed by atoms with van der Waals surface area (Å²) < 4.78 is 5.17. The summed E-state index contributed by atoms with van der Waals surface area (Å²) in [5.41, 5.74) is 1.90. The van der Waals surface area contributed by atoms with Crippen molar-refractivity contribution < 1.29 is 0 Å². The molecule has 0 N–H and O–H groups in total. The number of azo groups is 1. The van der Waals surface area contributed by atoms with Crippen LogP contribution < -0.4 is 17.8 Å². The van der Waals surface area contributed by atoms with Crippen molar-refractivity contribution in [2.24, 2.45) is 10.2 Å². The minimum absolute atomic E-state index is 0.213. The van der Waals surface area contributed by atoms with Crippen LogP contribution in [0.4, 0.5) is 11.4 Å². The first-order valence-electron chi connectivity index (χ1n) is 8.94. The molecular weight excluding hydrogens is 474 g/mol. The van der Waals surface area contributed by atoms with Gasteiger partial charge in [-0.05, 0) is 0 Å². The van der Waals surface area contributed by atoms with E-state index in [-0.39, 0.29) is 29.9 Å². The Morgan fingerprint density at radius 2 is 0.750 bits per heavy atom. The number of nitrogens with zero attached hydrogens (tertiary/aromatic N) is 2. The monoisotopic (exact) mass is 494 g/mol. The molecule has 0 bridgehead atoms. The van der Waals surface area contributed by atoms with E-state index in [2.05, 4.69) is 107 Å². The van der Waals surface area contributed by atoms with E-state index in [1.165, 1.54) is 17.8 Å². The summed E-state index contributed by atoms with van der Waals surface area (Å²) in [6, 6.07) is 37.7. The van der Waals surface area contributed by atoms with Crippen LogP contribution in [0, 0.1) is 0 Å². The van der Waals surface area contributed by atoms with E-state index in [4.69, 9.17) is 0 Å². The SMILES string of the molecule is c1ccc([Se]c2ccccc2N=Nc2ccccc2[Se]c2ccccc2)cc1. The summed E-state index contributed by atoms with van der Waals surface area (Å²) in [6.45, 7) is 0. The zero-order valence-corrected chi connectivity index (χ0v) is 18.5. The third kappa shape index (κ3) is 5.07. The Labute approximate surface area is 178 Å². The van der Waals surface area contributed by atoms with Gasteiger partial charge in [0.25, 0.3) is 0 Å². The van der Waals surface area contributed by atoms with Gasteiger partial charge in [0.2, 0.25) is 0 Å². The Bertz CT molecular complexity index is 977. The molecule has 0 radical (unpaired) electrons. The molecule has 136 valence electrons. The first-order valence-corrected chi connectivity index (χ1v) is 12.4. The first-order chi connectivity index (χ1) is 13.9. The van der Waals surface area contributed by atoms with E-state index in [1.807, 2.05) is 12.1 Å². The van der Waals surface area contributed by atoms with E-state index in [0.717, 1.165) is 11.4 Å². The molecule has 0 saturated heterocycles. The number of benzene rings is 4. The molecule has 0 aliphatic heterocycles. The second-order valence-electron chi connectivity index (χ2n) is 5.97. The molecule has 28 heavy (non-hydrogen) atoms. The Hall–Kier alpha value is -2.48. The predicted octanol–water partition coefficient (Wildman–Crippen LogP) is 3.41. The fraction of sp³-hybridized carbons (Fsp3) is 0. The average molecular weight is 492 g/mol. The maximum atomic E-state index is 4.63. The van der Waals surface area contributed by atoms with E-state index >= 15 is 0 Å². The maximum absolute atomic E-state index is 4.63. The number of hydrogen-bond donors (Lipinski definition) is 0. The molecule has 0 fully saturated rings. The molecule has 4 heteroatoms. The fourth-order valence-electron chi connectivity index (χ4n) is 2.59. The molecule has 0 heterocycles. The van der Waals surface area contributed by atoms with E-state index < -0.39 is 0 Å². The Morgan fingerprint density at radius 1 is 0.393 bits per heavy atom. The molecular formula is C24H18N2Se2.